The molecule has 0 spiro atoms. The summed E-state index contributed by atoms with van der Waals surface area (Å²) in [5, 5.41) is 1.34. The molecule has 0 bridgehead atoms. The van der Waals surface area contributed by atoms with Crippen LogP contribution < -0.4 is 9.47 Å². The largest absolute Gasteiger partial charge is 0.514 e. The molecule has 0 saturated heterocycles. The Bertz CT molecular complexity index is 783. The lowest BCUT2D eigenvalue weighted by atomic mass is 9.94. The van der Waals surface area contributed by atoms with Gasteiger partial charge in [0.15, 0.2) is 0 Å². The normalized spacial score (nSPS) is 11.0. The molecule has 0 unspecified atom stereocenters. The van der Waals surface area contributed by atoms with Gasteiger partial charge in [0.25, 0.3) is 0 Å². The average molecular weight is 388 g/mol. The molecular weight excluding hydrogens is 360 g/mol. The van der Waals surface area contributed by atoms with E-state index in [0.29, 0.717) is 35.1 Å². The van der Waals surface area contributed by atoms with Crippen LogP contribution in [-0.2, 0) is 22.3 Å². The lowest BCUT2D eigenvalue weighted by Crippen LogP contribution is -2.19. The van der Waals surface area contributed by atoms with Crippen molar-refractivity contribution in [2.24, 2.45) is 0 Å². The van der Waals surface area contributed by atoms with E-state index in [2.05, 4.69) is 0 Å². The number of ether oxygens (including phenoxy) is 4. The van der Waals surface area contributed by atoms with Gasteiger partial charge in [-0.1, -0.05) is 38.1 Å². The van der Waals surface area contributed by atoms with Crippen LogP contribution in [0, 0.1) is 0 Å². The molecule has 0 aromatic heterocycles. The van der Waals surface area contributed by atoms with Crippen LogP contribution in [0.5, 0.6) is 11.5 Å². The SMILES string of the molecule is CCc1c(CC)c(OC(=O)OC(C)C)c2ccccc2c1OC(=O)OC(C)C. The first kappa shape index (κ1) is 21.5. The highest BCUT2D eigenvalue weighted by atomic mass is 16.7. The zero-order valence-corrected chi connectivity index (χ0v) is 17.3. The van der Waals surface area contributed by atoms with E-state index in [1.54, 1.807) is 27.7 Å². The lowest BCUT2D eigenvalue weighted by molar-refractivity contribution is 0.0708. The van der Waals surface area contributed by atoms with Crippen LogP contribution in [0.4, 0.5) is 9.59 Å². The topological polar surface area (TPSA) is 71.1 Å². The molecule has 152 valence electrons. The number of benzene rings is 2. The second-order valence-electron chi connectivity index (χ2n) is 6.91. The minimum Gasteiger partial charge on any atom is -0.431 e. The molecule has 0 saturated carbocycles. The van der Waals surface area contributed by atoms with Gasteiger partial charge in [0.2, 0.25) is 0 Å². The Morgan fingerprint density at radius 1 is 0.750 bits per heavy atom. The van der Waals surface area contributed by atoms with Gasteiger partial charge in [-0.25, -0.2) is 9.59 Å². The summed E-state index contributed by atoms with van der Waals surface area (Å²) < 4.78 is 21.5. The maximum atomic E-state index is 12.2. The molecule has 28 heavy (non-hydrogen) atoms. The monoisotopic (exact) mass is 388 g/mol. The van der Waals surface area contributed by atoms with E-state index in [1.807, 2.05) is 38.1 Å². The predicted octanol–water partition coefficient (Wildman–Crippen LogP) is 5.81. The first-order chi connectivity index (χ1) is 13.3. The molecule has 6 heteroatoms. The summed E-state index contributed by atoms with van der Waals surface area (Å²) in [6.07, 6.45) is -0.915. The Morgan fingerprint density at radius 2 is 1.11 bits per heavy atom. The average Bonchev–Trinajstić information content (AvgIpc) is 2.61. The van der Waals surface area contributed by atoms with E-state index in [-0.39, 0.29) is 12.2 Å². The van der Waals surface area contributed by atoms with E-state index in [9.17, 15) is 9.59 Å². The molecule has 0 N–H and O–H groups in total. The maximum Gasteiger partial charge on any atom is 0.514 e. The van der Waals surface area contributed by atoms with Gasteiger partial charge in [0, 0.05) is 21.9 Å². The Morgan fingerprint density at radius 3 is 1.39 bits per heavy atom. The fourth-order valence-corrected chi connectivity index (χ4v) is 3.06. The number of fused-ring (bicyclic) bond motifs is 1. The highest BCUT2D eigenvalue weighted by Crippen LogP contribution is 2.42. The van der Waals surface area contributed by atoms with Crippen molar-refractivity contribution >= 4 is 23.1 Å². The van der Waals surface area contributed by atoms with E-state index >= 15 is 0 Å². The van der Waals surface area contributed by atoms with E-state index in [0.717, 1.165) is 11.1 Å². The molecule has 0 aliphatic carbocycles. The standard InChI is InChI=1S/C22H28O6/c1-7-15-16(8-2)20(28-22(24)26-14(5)6)18-12-10-9-11-17(18)19(15)27-21(23)25-13(3)4/h9-14H,7-8H2,1-6H3. The molecule has 0 amide bonds. The highest BCUT2D eigenvalue weighted by Gasteiger charge is 2.24. The van der Waals surface area contributed by atoms with Gasteiger partial charge in [0.1, 0.15) is 11.5 Å². The lowest BCUT2D eigenvalue weighted by Gasteiger charge is -2.20. The van der Waals surface area contributed by atoms with Crippen LogP contribution in [0.2, 0.25) is 0 Å². The third-order valence-electron chi connectivity index (χ3n) is 4.07. The van der Waals surface area contributed by atoms with Gasteiger partial charge in [-0.3, -0.25) is 0 Å². The quantitative estimate of drug-likeness (QED) is 0.459. The third kappa shape index (κ3) is 4.94. The molecule has 2 rings (SSSR count). The van der Waals surface area contributed by atoms with E-state index in [1.165, 1.54) is 0 Å². The number of carbonyl (C=O) groups is 2. The van der Waals surface area contributed by atoms with Crippen LogP contribution >= 0.6 is 0 Å². The zero-order chi connectivity index (χ0) is 20.8. The molecule has 0 heterocycles. The Hall–Kier alpha value is -2.76. The van der Waals surface area contributed by atoms with Crippen LogP contribution in [0.15, 0.2) is 24.3 Å². The van der Waals surface area contributed by atoms with Gasteiger partial charge in [-0.05, 0) is 40.5 Å². The van der Waals surface area contributed by atoms with Crippen molar-refractivity contribution < 1.29 is 28.5 Å². The molecule has 0 aliphatic heterocycles. The van der Waals surface area contributed by atoms with Gasteiger partial charge in [-0.2, -0.15) is 0 Å². The molecule has 0 atom stereocenters. The molecule has 6 nitrogen and oxygen atoms in total. The van der Waals surface area contributed by atoms with Gasteiger partial charge >= 0.3 is 12.3 Å². The Labute approximate surface area is 165 Å². The molecule has 0 radical (unpaired) electrons. The van der Waals surface area contributed by atoms with Crippen molar-refractivity contribution in [1.29, 1.82) is 0 Å². The van der Waals surface area contributed by atoms with Crippen molar-refractivity contribution in [2.45, 2.75) is 66.6 Å². The zero-order valence-electron chi connectivity index (χ0n) is 17.3. The van der Waals surface area contributed by atoms with Crippen molar-refractivity contribution in [2.75, 3.05) is 0 Å². The second-order valence-corrected chi connectivity index (χ2v) is 6.91. The van der Waals surface area contributed by atoms with Gasteiger partial charge in [-0.15, -0.1) is 0 Å². The summed E-state index contributed by atoms with van der Waals surface area (Å²) in [5.74, 6) is 0.871. The first-order valence-corrected chi connectivity index (χ1v) is 9.61. The number of hydrogen-bond acceptors (Lipinski definition) is 6. The van der Waals surface area contributed by atoms with Crippen molar-refractivity contribution in [1.82, 2.24) is 0 Å². The Kier molecular flexibility index (Phi) is 7.26. The van der Waals surface area contributed by atoms with Crippen molar-refractivity contribution in [3.8, 4) is 11.5 Å². The van der Waals surface area contributed by atoms with Crippen LogP contribution in [0.25, 0.3) is 10.8 Å². The third-order valence-corrected chi connectivity index (χ3v) is 4.07. The van der Waals surface area contributed by atoms with Gasteiger partial charge < -0.3 is 18.9 Å². The van der Waals surface area contributed by atoms with Crippen molar-refractivity contribution in [3.63, 3.8) is 0 Å². The fourth-order valence-electron chi connectivity index (χ4n) is 3.06. The van der Waals surface area contributed by atoms with Gasteiger partial charge in [0.05, 0.1) is 12.2 Å². The summed E-state index contributed by atoms with van der Waals surface area (Å²) in [5.41, 5.74) is 1.60. The smallest absolute Gasteiger partial charge is 0.431 e. The minimum atomic E-state index is -0.759. The van der Waals surface area contributed by atoms with E-state index < -0.39 is 12.3 Å². The second kappa shape index (κ2) is 9.44. The molecule has 0 fully saturated rings. The van der Waals surface area contributed by atoms with Crippen LogP contribution in [0.1, 0.15) is 52.7 Å². The van der Waals surface area contributed by atoms with Crippen LogP contribution in [0.3, 0.4) is 0 Å². The summed E-state index contributed by atoms with van der Waals surface area (Å²) >= 11 is 0. The number of rotatable bonds is 6. The molecule has 0 aliphatic rings. The summed E-state index contributed by atoms with van der Waals surface area (Å²) in [7, 11) is 0. The van der Waals surface area contributed by atoms with Crippen molar-refractivity contribution in [3.05, 3.63) is 35.4 Å². The van der Waals surface area contributed by atoms with E-state index in [4.69, 9.17) is 18.9 Å². The minimum absolute atomic E-state index is 0.289. The first-order valence-electron chi connectivity index (χ1n) is 9.61. The summed E-state index contributed by atoms with van der Waals surface area (Å²) in [6.45, 7) is 11.0. The highest BCUT2D eigenvalue weighted by molar-refractivity contribution is 5.98. The summed E-state index contributed by atoms with van der Waals surface area (Å²) in [6, 6.07) is 7.33. The number of hydrogen-bond donors (Lipinski definition) is 0. The number of carbonyl (C=O) groups excluding carboxylic acids is 2. The molecule has 2 aromatic rings. The predicted molar refractivity (Wildman–Crippen MR) is 107 cm³/mol. The molecule has 2 aromatic carbocycles. The van der Waals surface area contributed by atoms with Crippen LogP contribution in [-0.4, -0.2) is 24.5 Å². The molecular formula is C22H28O6. The summed E-state index contributed by atoms with van der Waals surface area (Å²) in [4.78, 5) is 24.3. The maximum absolute atomic E-state index is 12.2. The Balaban J connectivity index is 2.64. The fraction of sp³-hybridized carbons (Fsp3) is 0.455.